The molecule has 1 amide bonds. The van der Waals surface area contributed by atoms with E-state index in [-0.39, 0.29) is 5.78 Å². The van der Waals surface area contributed by atoms with Gasteiger partial charge >= 0.3 is 5.97 Å². The Morgan fingerprint density at radius 3 is 2.55 bits per heavy atom. The average Bonchev–Trinajstić information content (AvgIpc) is 2.46. The van der Waals surface area contributed by atoms with Crippen LogP contribution in [0.3, 0.4) is 0 Å². The standard InChI is InChI=1S/C16H19NO5/c1-5-12(18)10-6-7-13-11(8-10)17(9(2)14(19)20)15(21)16(3,4)22-13/h6-9H,5H2,1-4H3,(H,19,20). The van der Waals surface area contributed by atoms with Crippen LogP contribution in [0.5, 0.6) is 5.75 Å². The first-order chi connectivity index (χ1) is 10.2. The smallest absolute Gasteiger partial charge is 0.326 e. The number of hydrogen-bond donors (Lipinski definition) is 1. The van der Waals surface area contributed by atoms with Gasteiger partial charge in [-0.1, -0.05) is 6.92 Å². The molecular weight excluding hydrogens is 286 g/mol. The number of carboxylic acid groups (broad SMARTS) is 1. The summed E-state index contributed by atoms with van der Waals surface area (Å²) >= 11 is 0. The lowest BCUT2D eigenvalue weighted by Crippen LogP contribution is -2.57. The second-order valence-corrected chi connectivity index (χ2v) is 5.76. The molecule has 1 unspecified atom stereocenters. The predicted molar refractivity (Wildman–Crippen MR) is 80.4 cm³/mol. The Morgan fingerprint density at radius 2 is 2.00 bits per heavy atom. The van der Waals surface area contributed by atoms with Crippen molar-refractivity contribution >= 4 is 23.3 Å². The molecule has 0 aromatic heterocycles. The number of amides is 1. The fourth-order valence-corrected chi connectivity index (χ4v) is 2.38. The maximum Gasteiger partial charge on any atom is 0.326 e. The number of Topliss-reactive ketones (excluding diaryl/α,β-unsaturated/α-hetero) is 1. The second-order valence-electron chi connectivity index (χ2n) is 5.76. The van der Waals surface area contributed by atoms with Crippen LogP contribution in [0.2, 0.25) is 0 Å². The Kier molecular flexibility index (Phi) is 3.96. The van der Waals surface area contributed by atoms with Gasteiger partial charge in [-0.15, -0.1) is 0 Å². The summed E-state index contributed by atoms with van der Waals surface area (Å²) in [6.45, 7) is 6.35. The van der Waals surface area contributed by atoms with E-state index in [0.29, 0.717) is 23.4 Å². The molecule has 0 bridgehead atoms. The van der Waals surface area contributed by atoms with Gasteiger partial charge in [0.05, 0.1) is 5.69 Å². The van der Waals surface area contributed by atoms with Crippen LogP contribution < -0.4 is 9.64 Å². The number of fused-ring (bicyclic) bond motifs is 1. The summed E-state index contributed by atoms with van der Waals surface area (Å²) in [5.41, 5.74) is -0.411. The topological polar surface area (TPSA) is 83.9 Å². The summed E-state index contributed by atoms with van der Waals surface area (Å²) < 4.78 is 5.66. The zero-order chi connectivity index (χ0) is 16.7. The van der Waals surface area contributed by atoms with Gasteiger partial charge in [-0.25, -0.2) is 4.79 Å². The Balaban J connectivity index is 2.61. The third-order valence-corrected chi connectivity index (χ3v) is 3.71. The Morgan fingerprint density at radius 1 is 1.36 bits per heavy atom. The molecule has 1 N–H and O–H groups in total. The summed E-state index contributed by atoms with van der Waals surface area (Å²) in [6.07, 6.45) is 0.327. The third-order valence-electron chi connectivity index (χ3n) is 3.71. The molecule has 0 saturated heterocycles. The van der Waals surface area contributed by atoms with E-state index in [1.165, 1.54) is 17.9 Å². The minimum atomic E-state index is -1.16. The van der Waals surface area contributed by atoms with Gasteiger partial charge in [-0.05, 0) is 39.0 Å². The summed E-state index contributed by atoms with van der Waals surface area (Å²) in [4.78, 5) is 36.9. The lowest BCUT2D eigenvalue weighted by molar-refractivity contribution is -0.142. The van der Waals surface area contributed by atoms with Crippen molar-refractivity contribution < 1.29 is 24.2 Å². The van der Waals surface area contributed by atoms with Crippen LogP contribution >= 0.6 is 0 Å². The SMILES string of the molecule is CCC(=O)c1ccc2c(c1)N(C(C)C(=O)O)C(=O)C(C)(C)O2. The predicted octanol–water partition coefficient (Wildman–Crippen LogP) is 2.26. The Bertz CT molecular complexity index is 650. The largest absolute Gasteiger partial charge is 0.480 e. The minimum Gasteiger partial charge on any atom is -0.480 e. The number of ketones is 1. The van der Waals surface area contributed by atoms with E-state index >= 15 is 0 Å². The molecule has 0 saturated carbocycles. The van der Waals surface area contributed by atoms with Crippen LogP contribution in [0.1, 0.15) is 44.5 Å². The number of nitrogens with zero attached hydrogens (tertiary/aromatic N) is 1. The van der Waals surface area contributed by atoms with Gasteiger partial charge in [0.2, 0.25) is 0 Å². The van der Waals surface area contributed by atoms with E-state index in [4.69, 9.17) is 4.74 Å². The maximum absolute atomic E-state index is 12.6. The van der Waals surface area contributed by atoms with Crippen LogP contribution in [0.4, 0.5) is 5.69 Å². The van der Waals surface area contributed by atoms with Gasteiger partial charge in [-0.3, -0.25) is 14.5 Å². The summed E-state index contributed by atoms with van der Waals surface area (Å²) in [5, 5.41) is 9.27. The van der Waals surface area contributed by atoms with Gasteiger partial charge in [0.25, 0.3) is 5.91 Å². The van der Waals surface area contributed by atoms with Crippen LogP contribution in [0.15, 0.2) is 18.2 Å². The number of aliphatic carboxylic acids is 1. The molecular formula is C16H19NO5. The lowest BCUT2D eigenvalue weighted by atomic mass is 9.99. The molecule has 1 aliphatic rings. The van der Waals surface area contributed by atoms with E-state index in [2.05, 4.69) is 0 Å². The molecule has 6 heteroatoms. The van der Waals surface area contributed by atoms with Gasteiger partial charge in [0, 0.05) is 12.0 Å². The second kappa shape index (κ2) is 5.44. The number of ether oxygens (including phenoxy) is 1. The van der Waals surface area contributed by atoms with Crippen molar-refractivity contribution in [2.75, 3.05) is 4.90 Å². The number of benzene rings is 1. The monoisotopic (exact) mass is 305 g/mol. The van der Waals surface area contributed by atoms with Crippen molar-refractivity contribution in [3.63, 3.8) is 0 Å². The number of carbonyl (C=O) groups excluding carboxylic acids is 2. The highest BCUT2D eigenvalue weighted by molar-refractivity contribution is 6.07. The zero-order valence-corrected chi connectivity index (χ0v) is 13.0. The van der Waals surface area contributed by atoms with Crippen LogP contribution in [-0.4, -0.2) is 34.4 Å². The van der Waals surface area contributed by atoms with Gasteiger partial charge in [0.1, 0.15) is 11.8 Å². The molecule has 0 aliphatic carbocycles. The number of hydrogen-bond acceptors (Lipinski definition) is 4. The highest BCUT2D eigenvalue weighted by Crippen LogP contribution is 2.39. The van der Waals surface area contributed by atoms with Crippen LogP contribution in [0.25, 0.3) is 0 Å². The highest BCUT2D eigenvalue weighted by atomic mass is 16.5. The molecule has 118 valence electrons. The molecule has 22 heavy (non-hydrogen) atoms. The first-order valence-corrected chi connectivity index (χ1v) is 7.11. The molecule has 1 aliphatic heterocycles. The van der Waals surface area contributed by atoms with Crippen molar-refractivity contribution in [1.29, 1.82) is 0 Å². The van der Waals surface area contributed by atoms with Gasteiger partial charge in [0.15, 0.2) is 11.4 Å². The van der Waals surface area contributed by atoms with E-state index in [1.807, 2.05) is 0 Å². The van der Waals surface area contributed by atoms with Crippen molar-refractivity contribution in [2.45, 2.75) is 45.8 Å². The Labute approximate surface area is 128 Å². The molecule has 0 fully saturated rings. The molecule has 0 radical (unpaired) electrons. The quantitative estimate of drug-likeness (QED) is 0.863. The third kappa shape index (κ3) is 2.56. The van der Waals surface area contributed by atoms with Crippen molar-refractivity contribution in [3.05, 3.63) is 23.8 Å². The normalized spacial score (nSPS) is 17.5. The molecule has 1 aromatic rings. The molecule has 1 atom stereocenters. The van der Waals surface area contributed by atoms with E-state index in [9.17, 15) is 19.5 Å². The lowest BCUT2D eigenvalue weighted by Gasteiger charge is -2.40. The fraction of sp³-hybridized carbons (Fsp3) is 0.438. The van der Waals surface area contributed by atoms with Crippen molar-refractivity contribution in [3.8, 4) is 5.75 Å². The number of rotatable bonds is 4. The van der Waals surface area contributed by atoms with E-state index < -0.39 is 23.5 Å². The van der Waals surface area contributed by atoms with Crippen molar-refractivity contribution in [2.24, 2.45) is 0 Å². The average molecular weight is 305 g/mol. The summed E-state index contributed by atoms with van der Waals surface area (Å²) in [5.74, 6) is -1.26. The Hall–Kier alpha value is -2.37. The number of carboxylic acids is 1. The summed E-state index contributed by atoms with van der Waals surface area (Å²) in [6, 6.07) is 3.70. The first kappa shape index (κ1) is 16.0. The molecule has 1 heterocycles. The summed E-state index contributed by atoms with van der Waals surface area (Å²) in [7, 11) is 0. The van der Waals surface area contributed by atoms with Crippen molar-refractivity contribution in [1.82, 2.24) is 0 Å². The van der Waals surface area contributed by atoms with Gasteiger partial charge < -0.3 is 9.84 Å². The fourth-order valence-electron chi connectivity index (χ4n) is 2.38. The minimum absolute atomic E-state index is 0.0805. The molecule has 0 spiro atoms. The van der Waals surface area contributed by atoms with E-state index in [1.54, 1.807) is 32.9 Å². The zero-order valence-electron chi connectivity index (χ0n) is 13.0. The molecule has 1 aromatic carbocycles. The highest BCUT2D eigenvalue weighted by Gasteiger charge is 2.44. The van der Waals surface area contributed by atoms with Gasteiger partial charge in [-0.2, -0.15) is 0 Å². The number of anilines is 1. The van der Waals surface area contributed by atoms with E-state index in [0.717, 1.165) is 0 Å². The van der Waals surface area contributed by atoms with Crippen LogP contribution in [0, 0.1) is 0 Å². The first-order valence-electron chi connectivity index (χ1n) is 7.11. The molecule has 6 nitrogen and oxygen atoms in total. The maximum atomic E-state index is 12.6. The molecule has 2 rings (SSSR count). The van der Waals surface area contributed by atoms with Crippen LogP contribution in [-0.2, 0) is 9.59 Å². The number of carbonyl (C=O) groups is 3.